The van der Waals surface area contributed by atoms with Gasteiger partial charge in [-0.05, 0) is 12.3 Å². The number of aliphatic hydroxyl groups excluding tert-OH is 3. The molecular formula is C12H23NO7. The predicted molar refractivity (Wildman–Crippen MR) is 67.8 cm³/mol. The first-order chi connectivity index (χ1) is 9.17. The summed E-state index contributed by atoms with van der Waals surface area (Å²) < 4.78 is 4.94. The number of ether oxygens (including phenoxy) is 1. The van der Waals surface area contributed by atoms with Gasteiger partial charge in [-0.1, -0.05) is 13.8 Å². The third kappa shape index (κ3) is 4.11. The van der Waals surface area contributed by atoms with Gasteiger partial charge >= 0.3 is 5.97 Å². The first kappa shape index (κ1) is 17.3. The van der Waals surface area contributed by atoms with E-state index in [1.54, 1.807) is 0 Å². The molecule has 8 nitrogen and oxygen atoms in total. The number of hydrogen-bond donors (Lipinski definition) is 6. The highest BCUT2D eigenvalue weighted by atomic mass is 16.6. The summed E-state index contributed by atoms with van der Waals surface area (Å²) in [5.41, 5.74) is 0. The van der Waals surface area contributed by atoms with Crippen LogP contribution in [0.1, 0.15) is 20.3 Å². The minimum atomic E-state index is -2.14. The molecule has 1 rings (SSSR count). The maximum absolute atomic E-state index is 11.1. The van der Waals surface area contributed by atoms with E-state index in [-0.39, 0.29) is 19.1 Å². The zero-order valence-corrected chi connectivity index (χ0v) is 11.6. The van der Waals surface area contributed by atoms with Gasteiger partial charge in [0.2, 0.25) is 5.79 Å². The number of carboxylic acid groups (broad SMARTS) is 1. The van der Waals surface area contributed by atoms with Gasteiger partial charge in [-0.3, -0.25) is 10.1 Å². The van der Waals surface area contributed by atoms with E-state index >= 15 is 0 Å². The normalized spacial score (nSPS) is 36.0. The fourth-order valence-corrected chi connectivity index (χ4v) is 2.06. The topological polar surface area (TPSA) is 139 Å². The maximum Gasteiger partial charge on any atom is 0.320 e. The van der Waals surface area contributed by atoms with Crippen LogP contribution in [0.2, 0.25) is 0 Å². The molecule has 118 valence electrons. The molecular weight excluding hydrogens is 270 g/mol. The SMILES string of the molecule is CC(C)C[C@@H](NCC1(O)OC[C@@H](O)[C@@H](O)[C@@H]1O)C(=O)O. The summed E-state index contributed by atoms with van der Waals surface area (Å²) in [6.07, 6.45) is -4.24. The summed E-state index contributed by atoms with van der Waals surface area (Å²) in [6.45, 7) is 3.00. The summed E-state index contributed by atoms with van der Waals surface area (Å²) >= 11 is 0. The van der Waals surface area contributed by atoms with E-state index in [9.17, 15) is 25.2 Å². The van der Waals surface area contributed by atoms with Crippen LogP contribution < -0.4 is 5.32 Å². The third-order valence-electron chi connectivity index (χ3n) is 3.29. The molecule has 0 saturated carbocycles. The van der Waals surface area contributed by atoms with E-state index in [4.69, 9.17) is 9.84 Å². The number of aliphatic hydroxyl groups is 4. The van der Waals surface area contributed by atoms with E-state index in [0.717, 1.165) is 0 Å². The van der Waals surface area contributed by atoms with Crippen LogP contribution >= 0.6 is 0 Å². The van der Waals surface area contributed by atoms with Crippen LogP contribution in [0.15, 0.2) is 0 Å². The molecule has 1 aliphatic heterocycles. The molecule has 8 heteroatoms. The molecule has 1 unspecified atom stereocenters. The number of nitrogens with one attached hydrogen (secondary N) is 1. The van der Waals surface area contributed by atoms with Gasteiger partial charge in [0.25, 0.3) is 0 Å². The van der Waals surface area contributed by atoms with Gasteiger partial charge < -0.3 is 30.3 Å². The van der Waals surface area contributed by atoms with Crippen molar-refractivity contribution in [2.75, 3.05) is 13.2 Å². The summed E-state index contributed by atoms with van der Waals surface area (Å²) in [5.74, 6) is -3.08. The fourth-order valence-electron chi connectivity index (χ4n) is 2.06. The van der Waals surface area contributed by atoms with Crippen LogP contribution in [0.4, 0.5) is 0 Å². The van der Waals surface area contributed by atoms with E-state index in [0.29, 0.717) is 6.42 Å². The van der Waals surface area contributed by atoms with Crippen molar-refractivity contribution in [3.8, 4) is 0 Å². The second-order valence-corrected chi connectivity index (χ2v) is 5.56. The molecule has 0 radical (unpaired) electrons. The third-order valence-corrected chi connectivity index (χ3v) is 3.29. The summed E-state index contributed by atoms with van der Waals surface area (Å²) in [6, 6.07) is -0.904. The molecule has 0 bridgehead atoms. The molecule has 0 aromatic heterocycles. The first-order valence-electron chi connectivity index (χ1n) is 6.54. The number of carboxylic acids is 1. The van der Waals surface area contributed by atoms with Gasteiger partial charge in [0.05, 0.1) is 13.2 Å². The number of carbonyl (C=O) groups is 1. The zero-order valence-electron chi connectivity index (χ0n) is 11.6. The van der Waals surface area contributed by atoms with Crippen LogP contribution in [0, 0.1) is 5.92 Å². The average molecular weight is 293 g/mol. The summed E-state index contributed by atoms with van der Waals surface area (Å²) in [4.78, 5) is 11.1. The fraction of sp³-hybridized carbons (Fsp3) is 0.917. The van der Waals surface area contributed by atoms with E-state index in [1.165, 1.54) is 0 Å². The standard InChI is InChI=1S/C12H23NO7/c1-6(2)3-7(11(17)18)13-5-12(19)10(16)9(15)8(14)4-20-12/h6-10,13-16,19H,3-5H2,1-2H3,(H,17,18)/t7-,8-,9-,10+,12?/m1/s1. The quantitative estimate of drug-likeness (QED) is 0.326. The number of hydrogen-bond acceptors (Lipinski definition) is 7. The molecule has 0 amide bonds. The molecule has 0 aliphatic carbocycles. The molecule has 20 heavy (non-hydrogen) atoms. The second-order valence-electron chi connectivity index (χ2n) is 5.56. The Labute approximate surface area is 117 Å². The van der Waals surface area contributed by atoms with E-state index in [1.807, 2.05) is 13.8 Å². The van der Waals surface area contributed by atoms with Crippen LogP contribution in [-0.4, -0.2) is 74.8 Å². The van der Waals surface area contributed by atoms with E-state index in [2.05, 4.69) is 5.32 Å². The lowest BCUT2D eigenvalue weighted by atomic mass is 9.96. The Morgan fingerprint density at radius 2 is 2.00 bits per heavy atom. The van der Waals surface area contributed by atoms with Gasteiger partial charge in [0, 0.05) is 0 Å². The van der Waals surface area contributed by atoms with Gasteiger partial charge in [-0.25, -0.2) is 0 Å². The lowest BCUT2D eigenvalue weighted by Gasteiger charge is -2.42. The Balaban J connectivity index is 2.64. The molecule has 1 saturated heterocycles. The van der Waals surface area contributed by atoms with E-state index < -0.39 is 36.1 Å². The van der Waals surface area contributed by atoms with Crippen LogP contribution in [0.25, 0.3) is 0 Å². The maximum atomic E-state index is 11.1. The van der Waals surface area contributed by atoms with Gasteiger partial charge in [-0.2, -0.15) is 0 Å². The first-order valence-corrected chi connectivity index (χ1v) is 6.54. The Hall–Kier alpha value is -0.770. The highest BCUT2D eigenvalue weighted by Crippen LogP contribution is 2.23. The monoisotopic (exact) mass is 293 g/mol. The summed E-state index contributed by atoms with van der Waals surface area (Å²) in [5, 5.41) is 50.3. The Kier molecular flexibility index (Phi) is 5.87. The molecule has 0 aromatic carbocycles. The Morgan fingerprint density at radius 1 is 1.40 bits per heavy atom. The highest BCUT2D eigenvalue weighted by Gasteiger charge is 2.48. The van der Waals surface area contributed by atoms with Crippen molar-refractivity contribution in [1.82, 2.24) is 5.32 Å². The van der Waals surface area contributed by atoms with Crippen molar-refractivity contribution >= 4 is 5.97 Å². The highest BCUT2D eigenvalue weighted by molar-refractivity contribution is 5.73. The predicted octanol–water partition coefficient (Wildman–Crippen LogP) is -2.12. The van der Waals surface area contributed by atoms with Crippen molar-refractivity contribution in [2.24, 2.45) is 5.92 Å². The van der Waals surface area contributed by atoms with Crippen molar-refractivity contribution in [3.63, 3.8) is 0 Å². The minimum Gasteiger partial charge on any atom is -0.480 e. The minimum absolute atomic E-state index is 0.128. The molecule has 5 atom stereocenters. The molecule has 1 fully saturated rings. The Bertz CT molecular complexity index is 338. The number of aliphatic carboxylic acids is 1. The van der Waals surface area contributed by atoms with Crippen molar-refractivity contribution < 1.29 is 35.1 Å². The zero-order chi connectivity index (χ0) is 15.5. The van der Waals surface area contributed by atoms with Crippen molar-refractivity contribution in [3.05, 3.63) is 0 Å². The van der Waals surface area contributed by atoms with Crippen molar-refractivity contribution in [2.45, 2.75) is 50.4 Å². The van der Waals surface area contributed by atoms with Crippen LogP contribution in [0.5, 0.6) is 0 Å². The second kappa shape index (κ2) is 6.79. The lowest BCUT2D eigenvalue weighted by Crippen LogP contribution is -2.65. The smallest absolute Gasteiger partial charge is 0.320 e. The number of rotatable bonds is 6. The largest absolute Gasteiger partial charge is 0.480 e. The molecule has 6 N–H and O–H groups in total. The lowest BCUT2D eigenvalue weighted by molar-refractivity contribution is -0.318. The molecule has 1 aliphatic rings. The van der Waals surface area contributed by atoms with Gasteiger partial charge in [0.1, 0.15) is 24.4 Å². The Morgan fingerprint density at radius 3 is 2.50 bits per heavy atom. The molecule has 0 spiro atoms. The van der Waals surface area contributed by atoms with Crippen molar-refractivity contribution in [1.29, 1.82) is 0 Å². The van der Waals surface area contributed by atoms with Crippen LogP contribution in [0.3, 0.4) is 0 Å². The summed E-state index contributed by atoms with van der Waals surface area (Å²) in [7, 11) is 0. The van der Waals surface area contributed by atoms with Crippen LogP contribution in [-0.2, 0) is 9.53 Å². The van der Waals surface area contributed by atoms with Gasteiger partial charge in [-0.15, -0.1) is 0 Å². The molecule has 1 heterocycles. The molecule has 0 aromatic rings. The average Bonchev–Trinajstić information content (AvgIpc) is 2.36. The van der Waals surface area contributed by atoms with Gasteiger partial charge in [0.15, 0.2) is 0 Å².